The second kappa shape index (κ2) is 21.7. The molecular weight excluding hydrogens is 1480 g/mol. The van der Waals surface area contributed by atoms with Gasteiger partial charge in [-0.15, -0.1) is 0 Å². The van der Waals surface area contributed by atoms with Gasteiger partial charge in [-0.2, -0.15) is 0 Å². The van der Waals surface area contributed by atoms with Crippen LogP contribution in [0.1, 0.15) is 0 Å². The van der Waals surface area contributed by atoms with Crippen LogP contribution in [0.3, 0.4) is 0 Å². The number of ether oxygens (including phenoxy) is 6. The van der Waals surface area contributed by atoms with Gasteiger partial charge in [0, 0.05) is 14.3 Å². The molecule has 0 aliphatic carbocycles. The molecule has 0 saturated carbocycles. The van der Waals surface area contributed by atoms with Crippen LogP contribution in [0.5, 0.6) is 34.5 Å². The minimum absolute atomic E-state index is 0.818. The Labute approximate surface area is 435 Å². The van der Waals surface area contributed by atoms with E-state index in [2.05, 4.69) is 228 Å². The number of fused-ring (bicyclic) bond motifs is 3. The van der Waals surface area contributed by atoms with E-state index in [1.165, 1.54) is 39.8 Å². The van der Waals surface area contributed by atoms with E-state index in [1.54, 1.807) is 42.7 Å². The van der Waals surface area contributed by atoms with Gasteiger partial charge in [0.25, 0.3) is 0 Å². The van der Waals surface area contributed by atoms with Crippen molar-refractivity contribution in [1.82, 2.24) is 0 Å². The van der Waals surface area contributed by atoms with Crippen molar-refractivity contribution >= 4 is 173 Å². The van der Waals surface area contributed by atoms with Crippen LogP contribution in [-0.4, -0.2) is 50.7 Å². The minimum Gasteiger partial charge on any atom is -0.497 e. The van der Waals surface area contributed by atoms with Gasteiger partial charge in [-0.25, -0.2) is 0 Å². The number of hydrogen-bond acceptors (Lipinski definition) is 6. The Balaban J connectivity index is 0.000000169. The minimum atomic E-state index is -1.69. The van der Waals surface area contributed by atoms with E-state index in [0.717, 1.165) is 70.7 Å². The Morgan fingerprint density at radius 1 is 0.356 bits per heavy atom. The summed E-state index contributed by atoms with van der Waals surface area (Å²) in [7, 11) is 8.42. The standard InChI is InChI=1S/C16H16Br2O2Si.C14H10Br2I2O2.C14H12I2O2/c1-19-13-5-9-10-6-14(20-2)12(18)8-16(10)21(3,4)15(9)7-11(13)17;1-19-13-3-7(11(17)5-9(13)15)8-4-14(20-2)10(16)6-12(8)18;1-17-9-3-5-13(15)11(7-9)12-8-10(18-2)4-6-14(12)16/h5-8H,1-4H3;3-6H,1-2H3;3-8H,1-2H3. The summed E-state index contributed by atoms with van der Waals surface area (Å²) in [6, 6.07) is 29.1. The summed E-state index contributed by atoms with van der Waals surface area (Å²) >= 11 is 23.6. The van der Waals surface area contributed by atoms with E-state index in [0.29, 0.717) is 0 Å². The highest BCUT2D eigenvalue weighted by atomic mass is 127. The SMILES string of the molecule is COc1cc(-c2cc(OC)c(Br)cc2I)c(I)cc1Br.COc1cc2c(cc1Br)[Si](C)(C)c1cc(Br)c(OC)cc1-2.COc1ccc(I)c(-c2cc(OC)ccc2I)c1. The zero-order chi connectivity index (χ0) is 43.3. The fourth-order valence-electron chi connectivity index (χ4n) is 6.50. The first-order chi connectivity index (χ1) is 28.0. The van der Waals surface area contributed by atoms with E-state index < -0.39 is 8.07 Å². The molecule has 0 atom stereocenters. The van der Waals surface area contributed by atoms with Crippen molar-refractivity contribution in [1.29, 1.82) is 0 Å². The Morgan fingerprint density at radius 2 is 0.644 bits per heavy atom. The summed E-state index contributed by atoms with van der Waals surface area (Å²) in [4.78, 5) is 0. The van der Waals surface area contributed by atoms with E-state index in [-0.39, 0.29) is 0 Å². The fourth-order valence-corrected chi connectivity index (χ4v) is 15.6. The predicted octanol–water partition coefficient (Wildman–Crippen LogP) is 14.7. The Kier molecular flexibility index (Phi) is 18.1. The highest BCUT2D eigenvalue weighted by molar-refractivity contribution is 14.1. The number of methoxy groups -OCH3 is 6. The quantitative estimate of drug-likeness (QED) is 0.112. The maximum absolute atomic E-state index is 5.46. The Bertz CT molecular complexity index is 2350. The molecular formula is C44H38Br4I4O6Si. The molecule has 59 heavy (non-hydrogen) atoms. The van der Waals surface area contributed by atoms with E-state index in [4.69, 9.17) is 28.4 Å². The van der Waals surface area contributed by atoms with Crippen molar-refractivity contribution in [2.24, 2.45) is 0 Å². The average molecular weight is 1520 g/mol. The number of rotatable bonds is 8. The van der Waals surface area contributed by atoms with Crippen molar-refractivity contribution in [3.63, 3.8) is 0 Å². The summed E-state index contributed by atoms with van der Waals surface area (Å²) in [5.41, 5.74) is 7.12. The third-order valence-electron chi connectivity index (χ3n) is 9.63. The molecule has 0 amide bonds. The smallest absolute Gasteiger partial charge is 0.133 e. The average Bonchev–Trinajstić information content (AvgIpc) is 3.42. The molecule has 1 aliphatic heterocycles. The first kappa shape index (κ1) is 49.2. The molecule has 0 unspecified atom stereocenters. The molecule has 310 valence electrons. The third kappa shape index (κ3) is 11.1. The van der Waals surface area contributed by atoms with Crippen LogP contribution in [0.25, 0.3) is 33.4 Å². The molecule has 15 heteroatoms. The molecule has 0 radical (unpaired) electrons. The van der Waals surface area contributed by atoms with Gasteiger partial charge < -0.3 is 28.4 Å². The highest BCUT2D eigenvalue weighted by Crippen LogP contribution is 2.42. The predicted molar refractivity (Wildman–Crippen MR) is 293 cm³/mol. The molecule has 6 aromatic rings. The van der Waals surface area contributed by atoms with Gasteiger partial charge in [-0.05, 0) is 283 Å². The summed E-state index contributed by atoms with van der Waals surface area (Å²) in [5.74, 6) is 5.10. The first-order valence-corrected chi connectivity index (χ1v) is 28.0. The summed E-state index contributed by atoms with van der Waals surface area (Å²) in [6.45, 7) is 4.77. The van der Waals surface area contributed by atoms with Gasteiger partial charge in [0.1, 0.15) is 42.6 Å². The fraction of sp³-hybridized carbons (Fsp3) is 0.182. The molecule has 1 heterocycles. The van der Waals surface area contributed by atoms with Crippen molar-refractivity contribution in [2.75, 3.05) is 42.7 Å². The highest BCUT2D eigenvalue weighted by Gasteiger charge is 2.39. The molecule has 0 spiro atoms. The maximum atomic E-state index is 5.46. The Hall–Kier alpha value is -0.823. The number of halogens is 8. The largest absolute Gasteiger partial charge is 0.497 e. The molecule has 0 bridgehead atoms. The van der Waals surface area contributed by atoms with Gasteiger partial charge in [0.05, 0.1) is 60.5 Å². The van der Waals surface area contributed by atoms with E-state index >= 15 is 0 Å². The summed E-state index contributed by atoms with van der Waals surface area (Å²) in [5, 5.41) is 2.87. The van der Waals surface area contributed by atoms with Crippen molar-refractivity contribution in [3.05, 3.63) is 117 Å². The van der Waals surface area contributed by atoms with Crippen molar-refractivity contribution in [3.8, 4) is 67.9 Å². The molecule has 6 nitrogen and oxygen atoms in total. The lowest BCUT2D eigenvalue weighted by molar-refractivity contribution is 0.411. The maximum Gasteiger partial charge on any atom is 0.133 e. The van der Waals surface area contributed by atoms with Gasteiger partial charge in [-0.3, -0.25) is 0 Å². The lowest BCUT2D eigenvalue weighted by atomic mass is 10.1. The molecule has 0 aromatic heterocycles. The lowest BCUT2D eigenvalue weighted by Gasteiger charge is -2.20. The van der Waals surface area contributed by atoms with Crippen LogP contribution < -0.4 is 38.8 Å². The van der Waals surface area contributed by atoms with Crippen LogP contribution >= 0.6 is 154 Å². The summed E-state index contributed by atoms with van der Waals surface area (Å²) in [6.07, 6.45) is 0. The second-order valence-corrected chi connectivity index (χ2v) is 25.7. The van der Waals surface area contributed by atoms with Crippen LogP contribution in [0.15, 0.2) is 103 Å². The third-order valence-corrected chi connectivity index (χ3v) is 19.3. The zero-order valence-corrected chi connectivity index (χ0v) is 49.0. The Morgan fingerprint density at radius 3 is 0.949 bits per heavy atom. The molecule has 0 fully saturated rings. The van der Waals surface area contributed by atoms with E-state index in [1.807, 2.05) is 24.3 Å². The van der Waals surface area contributed by atoms with Crippen LogP contribution in [0.4, 0.5) is 0 Å². The molecule has 1 aliphatic rings. The molecule has 6 aromatic carbocycles. The van der Waals surface area contributed by atoms with Gasteiger partial charge in [0.2, 0.25) is 0 Å². The number of hydrogen-bond donors (Lipinski definition) is 0. The zero-order valence-electron chi connectivity index (χ0n) is 33.1. The normalized spacial score (nSPS) is 11.9. The lowest BCUT2D eigenvalue weighted by Crippen LogP contribution is -2.49. The summed E-state index contributed by atoms with van der Waals surface area (Å²) < 4.78 is 40.9. The molecule has 7 rings (SSSR count). The van der Waals surface area contributed by atoms with Gasteiger partial charge in [-0.1, -0.05) is 13.1 Å². The van der Waals surface area contributed by atoms with Crippen LogP contribution in [-0.2, 0) is 0 Å². The molecule has 0 saturated heterocycles. The topological polar surface area (TPSA) is 55.4 Å². The monoisotopic (exact) mass is 1510 g/mol. The van der Waals surface area contributed by atoms with E-state index in [9.17, 15) is 0 Å². The van der Waals surface area contributed by atoms with Gasteiger partial charge >= 0.3 is 0 Å². The first-order valence-electron chi connectivity index (χ1n) is 17.5. The van der Waals surface area contributed by atoms with Crippen molar-refractivity contribution in [2.45, 2.75) is 13.1 Å². The van der Waals surface area contributed by atoms with Crippen LogP contribution in [0.2, 0.25) is 13.1 Å². The van der Waals surface area contributed by atoms with Gasteiger partial charge in [0.15, 0.2) is 0 Å². The van der Waals surface area contributed by atoms with Crippen LogP contribution in [0, 0.1) is 14.3 Å². The number of benzene rings is 6. The molecule has 0 N–H and O–H groups in total. The second-order valence-electron chi connectivity index (χ2n) is 13.3. The van der Waals surface area contributed by atoms with Crippen molar-refractivity contribution < 1.29 is 28.4 Å².